The van der Waals surface area contributed by atoms with E-state index in [-0.39, 0.29) is 6.04 Å². The zero-order chi connectivity index (χ0) is 10.5. The number of aromatic amines is 1. The molecule has 0 radical (unpaired) electrons. The summed E-state index contributed by atoms with van der Waals surface area (Å²) in [4.78, 5) is 7.45. The lowest BCUT2D eigenvalue weighted by Crippen LogP contribution is -2.34. The maximum absolute atomic E-state index is 5.64. The van der Waals surface area contributed by atoms with Crippen LogP contribution in [0.1, 0.15) is 50.4 Å². The van der Waals surface area contributed by atoms with Crippen LogP contribution in [-0.4, -0.2) is 9.97 Å². The lowest BCUT2D eigenvalue weighted by Gasteiger charge is -2.23. The summed E-state index contributed by atoms with van der Waals surface area (Å²) in [6, 6.07) is 0.193. The van der Waals surface area contributed by atoms with Crippen LogP contribution in [0.25, 0.3) is 0 Å². The van der Waals surface area contributed by atoms with Gasteiger partial charge in [-0.3, -0.25) is 5.84 Å². The fraction of sp³-hybridized carbons (Fsp3) is 0.727. The van der Waals surface area contributed by atoms with Gasteiger partial charge in [0.25, 0.3) is 0 Å². The fourth-order valence-corrected chi connectivity index (χ4v) is 2.53. The minimum absolute atomic E-state index is 0.193. The number of hydrogen-bond acceptors (Lipinski definition) is 3. The Kier molecular flexibility index (Phi) is 3.75. The minimum atomic E-state index is 0.193. The molecule has 0 saturated heterocycles. The summed E-state index contributed by atoms with van der Waals surface area (Å²) < 4.78 is 0. The van der Waals surface area contributed by atoms with Crippen LogP contribution in [0, 0.1) is 5.92 Å². The maximum atomic E-state index is 5.64. The van der Waals surface area contributed by atoms with Gasteiger partial charge in [0.15, 0.2) is 0 Å². The van der Waals surface area contributed by atoms with Crippen LogP contribution in [0.2, 0.25) is 0 Å². The summed E-state index contributed by atoms with van der Waals surface area (Å²) in [5.41, 5.74) is 2.91. The molecule has 2 rings (SSSR count). The van der Waals surface area contributed by atoms with Crippen molar-refractivity contribution in [3.8, 4) is 0 Å². The van der Waals surface area contributed by atoms with Gasteiger partial charge in [-0.05, 0) is 18.8 Å². The number of imidazole rings is 1. The number of hydrogen-bond donors (Lipinski definition) is 3. The van der Waals surface area contributed by atoms with E-state index < -0.39 is 0 Å². The molecule has 1 saturated carbocycles. The molecule has 1 fully saturated rings. The number of nitrogens with one attached hydrogen (secondary N) is 2. The third kappa shape index (κ3) is 2.58. The summed E-state index contributed by atoms with van der Waals surface area (Å²) in [6.07, 6.45) is 11.5. The highest BCUT2D eigenvalue weighted by atomic mass is 15.3. The molecule has 0 amide bonds. The molecular weight excluding hydrogens is 188 g/mol. The van der Waals surface area contributed by atoms with Crippen molar-refractivity contribution in [3.63, 3.8) is 0 Å². The van der Waals surface area contributed by atoms with Gasteiger partial charge < -0.3 is 4.98 Å². The van der Waals surface area contributed by atoms with E-state index in [0.29, 0.717) is 5.92 Å². The van der Waals surface area contributed by atoms with E-state index in [1.165, 1.54) is 38.5 Å². The molecule has 1 unspecified atom stereocenters. The van der Waals surface area contributed by atoms with Gasteiger partial charge in [0, 0.05) is 12.4 Å². The number of nitrogens with two attached hydrogens (primary N) is 1. The van der Waals surface area contributed by atoms with Crippen molar-refractivity contribution in [3.05, 3.63) is 18.2 Å². The number of hydrazine groups is 1. The van der Waals surface area contributed by atoms with Gasteiger partial charge in [0.05, 0.1) is 6.04 Å². The molecule has 1 aliphatic rings. The summed E-state index contributed by atoms with van der Waals surface area (Å²) in [5.74, 6) is 7.24. The smallest absolute Gasteiger partial charge is 0.124 e. The van der Waals surface area contributed by atoms with Crippen LogP contribution in [0.4, 0.5) is 0 Å². The number of rotatable bonds is 3. The molecule has 4 heteroatoms. The lowest BCUT2D eigenvalue weighted by atomic mass is 9.92. The van der Waals surface area contributed by atoms with E-state index in [9.17, 15) is 0 Å². The van der Waals surface area contributed by atoms with Gasteiger partial charge in [-0.15, -0.1) is 0 Å². The number of H-pyrrole nitrogens is 1. The summed E-state index contributed by atoms with van der Waals surface area (Å²) in [7, 11) is 0. The lowest BCUT2D eigenvalue weighted by molar-refractivity contribution is 0.318. The minimum Gasteiger partial charge on any atom is -0.347 e. The normalized spacial score (nSPS) is 21.1. The van der Waals surface area contributed by atoms with Crippen molar-refractivity contribution in [2.45, 2.75) is 44.6 Å². The molecule has 15 heavy (non-hydrogen) atoms. The van der Waals surface area contributed by atoms with E-state index >= 15 is 0 Å². The average Bonchev–Trinajstić information content (AvgIpc) is 2.63. The Labute approximate surface area is 90.6 Å². The van der Waals surface area contributed by atoms with Crippen molar-refractivity contribution in [2.75, 3.05) is 0 Å². The predicted molar refractivity (Wildman–Crippen MR) is 59.8 cm³/mol. The zero-order valence-corrected chi connectivity index (χ0v) is 9.08. The van der Waals surface area contributed by atoms with Gasteiger partial charge in [0.2, 0.25) is 0 Å². The van der Waals surface area contributed by atoms with Gasteiger partial charge in [-0.1, -0.05) is 25.7 Å². The first-order valence-corrected chi connectivity index (χ1v) is 5.87. The molecule has 0 aromatic carbocycles. The van der Waals surface area contributed by atoms with Gasteiger partial charge in [0.1, 0.15) is 5.82 Å². The van der Waals surface area contributed by atoms with Crippen LogP contribution in [0.5, 0.6) is 0 Å². The highest BCUT2D eigenvalue weighted by Crippen LogP contribution is 2.31. The van der Waals surface area contributed by atoms with E-state index in [4.69, 9.17) is 5.84 Å². The second-order valence-electron chi connectivity index (χ2n) is 4.37. The van der Waals surface area contributed by atoms with Crippen LogP contribution in [-0.2, 0) is 0 Å². The van der Waals surface area contributed by atoms with Gasteiger partial charge in [-0.25, -0.2) is 10.4 Å². The standard InChI is InChI=1S/C11H20N4/c12-15-10(11-13-7-8-14-11)9-5-3-1-2-4-6-9/h7-10,15H,1-6,12H2,(H,13,14). The quantitative estimate of drug-likeness (QED) is 0.403. The molecule has 84 valence electrons. The summed E-state index contributed by atoms with van der Waals surface area (Å²) >= 11 is 0. The molecule has 1 heterocycles. The molecule has 0 spiro atoms. The zero-order valence-electron chi connectivity index (χ0n) is 9.08. The summed E-state index contributed by atoms with van der Waals surface area (Å²) in [6.45, 7) is 0. The first kappa shape index (κ1) is 10.6. The second kappa shape index (κ2) is 5.28. The predicted octanol–water partition coefficient (Wildman–Crippen LogP) is 1.88. The molecule has 4 nitrogen and oxygen atoms in total. The van der Waals surface area contributed by atoms with Crippen molar-refractivity contribution in [1.29, 1.82) is 0 Å². The highest BCUT2D eigenvalue weighted by molar-refractivity contribution is 4.97. The highest BCUT2D eigenvalue weighted by Gasteiger charge is 2.24. The molecule has 0 bridgehead atoms. The Morgan fingerprint density at radius 3 is 2.60 bits per heavy atom. The number of aromatic nitrogens is 2. The van der Waals surface area contributed by atoms with Gasteiger partial charge in [-0.2, -0.15) is 0 Å². The van der Waals surface area contributed by atoms with E-state index in [1.807, 2.05) is 6.20 Å². The largest absolute Gasteiger partial charge is 0.347 e. The van der Waals surface area contributed by atoms with E-state index in [1.54, 1.807) is 6.20 Å². The first-order valence-electron chi connectivity index (χ1n) is 5.87. The Balaban J connectivity index is 2.04. The Morgan fingerprint density at radius 1 is 1.33 bits per heavy atom. The molecule has 1 atom stereocenters. The van der Waals surface area contributed by atoms with Crippen molar-refractivity contribution in [1.82, 2.24) is 15.4 Å². The molecule has 4 N–H and O–H groups in total. The first-order chi connectivity index (χ1) is 7.42. The third-order valence-electron chi connectivity index (χ3n) is 3.36. The molecule has 0 aliphatic heterocycles. The monoisotopic (exact) mass is 208 g/mol. The van der Waals surface area contributed by atoms with Crippen molar-refractivity contribution >= 4 is 0 Å². The van der Waals surface area contributed by atoms with E-state index in [2.05, 4.69) is 15.4 Å². The van der Waals surface area contributed by atoms with Crippen molar-refractivity contribution < 1.29 is 0 Å². The van der Waals surface area contributed by atoms with E-state index in [0.717, 1.165) is 5.82 Å². The average molecular weight is 208 g/mol. The van der Waals surface area contributed by atoms with Crippen LogP contribution < -0.4 is 11.3 Å². The van der Waals surface area contributed by atoms with Gasteiger partial charge >= 0.3 is 0 Å². The topological polar surface area (TPSA) is 66.7 Å². The molecule has 1 aliphatic carbocycles. The Bertz CT molecular complexity index is 262. The SMILES string of the molecule is NNC(c1ncc[nH]1)C1CCCCCC1. The Morgan fingerprint density at radius 2 is 2.07 bits per heavy atom. The number of nitrogens with zero attached hydrogens (tertiary/aromatic N) is 1. The Hall–Kier alpha value is -0.870. The molecule has 1 aromatic heterocycles. The van der Waals surface area contributed by atoms with Crippen LogP contribution >= 0.6 is 0 Å². The second-order valence-corrected chi connectivity index (χ2v) is 4.37. The summed E-state index contributed by atoms with van der Waals surface area (Å²) in [5, 5.41) is 0. The molecule has 1 aromatic rings. The maximum Gasteiger partial charge on any atom is 0.124 e. The fourth-order valence-electron chi connectivity index (χ4n) is 2.53. The van der Waals surface area contributed by atoms with Crippen LogP contribution in [0.3, 0.4) is 0 Å². The van der Waals surface area contributed by atoms with Crippen molar-refractivity contribution in [2.24, 2.45) is 11.8 Å². The van der Waals surface area contributed by atoms with Crippen LogP contribution in [0.15, 0.2) is 12.4 Å². The molecular formula is C11H20N4. The third-order valence-corrected chi connectivity index (χ3v) is 3.36.